The number of rotatable bonds is 2. The Bertz CT molecular complexity index is 548. The van der Waals surface area contributed by atoms with Gasteiger partial charge in [-0.2, -0.15) is 0 Å². The number of hydrogen-bond donors (Lipinski definition) is 0. The summed E-state index contributed by atoms with van der Waals surface area (Å²) in [6, 6.07) is 2.19. The van der Waals surface area contributed by atoms with Crippen molar-refractivity contribution in [3.63, 3.8) is 0 Å². The standard InChI is InChI=1S/C12H11ClFNO3S/c1-6(16)15(7(2)17)11-5-12(19-8(3)18)9(13)4-10(11)14/h4-5H,1-3H3. The van der Waals surface area contributed by atoms with Gasteiger partial charge in [-0.1, -0.05) is 23.4 Å². The molecular formula is C12H11ClFNO3S. The maximum Gasteiger partial charge on any atom is 0.230 e. The lowest BCUT2D eigenvalue weighted by atomic mass is 10.2. The van der Waals surface area contributed by atoms with E-state index in [-0.39, 0.29) is 20.7 Å². The van der Waals surface area contributed by atoms with Crippen LogP contribution in [0.25, 0.3) is 0 Å². The lowest BCUT2D eigenvalue weighted by molar-refractivity contribution is -0.124. The van der Waals surface area contributed by atoms with Crippen LogP contribution >= 0.6 is 23.4 Å². The molecule has 0 heterocycles. The molecule has 1 aromatic carbocycles. The third-order valence-electron chi connectivity index (χ3n) is 2.13. The van der Waals surface area contributed by atoms with Crippen molar-refractivity contribution in [3.8, 4) is 0 Å². The van der Waals surface area contributed by atoms with Crippen LogP contribution in [-0.4, -0.2) is 16.9 Å². The number of carbonyl (C=O) groups is 3. The molecule has 0 radical (unpaired) electrons. The van der Waals surface area contributed by atoms with Crippen LogP contribution in [0, 0.1) is 5.82 Å². The second-order valence-electron chi connectivity index (χ2n) is 3.70. The van der Waals surface area contributed by atoms with Crippen molar-refractivity contribution in [1.82, 2.24) is 0 Å². The summed E-state index contributed by atoms with van der Waals surface area (Å²) in [5.74, 6) is -2.04. The van der Waals surface area contributed by atoms with Gasteiger partial charge in [-0.15, -0.1) is 0 Å². The molecule has 1 rings (SSSR count). The van der Waals surface area contributed by atoms with Crippen LogP contribution < -0.4 is 4.90 Å². The minimum atomic E-state index is -0.802. The van der Waals surface area contributed by atoms with Gasteiger partial charge in [0.2, 0.25) is 11.8 Å². The zero-order valence-corrected chi connectivity index (χ0v) is 12.1. The van der Waals surface area contributed by atoms with Gasteiger partial charge in [0.05, 0.1) is 10.7 Å². The molecule has 0 unspecified atom stereocenters. The van der Waals surface area contributed by atoms with E-state index in [1.165, 1.54) is 13.0 Å². The fourth-order valence-electron chi connectivity index (χ4n) is 1.48. The molecule has 0 fully saturated rings. The van der Waals surface area contributed by atoms with Crippen LogP contribution in [0.5, 0.6) is 0 Å². The van der Waals surface area contributed by atoms with Crippen molar-refractivity contribution in [2.75, 3.05) is 4.90 Å². The predicted molar refractivity (Wildman–Crippen MR) is 71.8 cm³/mol. The minimum absolute atomic E-state index is 0.0495. The van der Waals surface area contributed by atoms with Crippen molar-refractivity contribution in [2.24, 2.45) is 0 Å². The summed E-state index contributed by atoms with van der Waals surface area (Å²) in [5.41, 5.74) is -0.215. The first kappa shape index (κ1) is 15.7. The van der Waals surface area contributed by atoms with Gasteiger partial charge in [0, 0.05) is 25.7 Å². The normalized spacial score (nSPS) is 10.2. The van der Waals surface area contributed by atoms with Crippen LogP contribution in [0.2, 0.25) is 5.02 Å². The number of thioether (sulfide) groups is 1. The number of halogens is 2. The first-order valence-electron chi connectivity index (χ1n) is 5.22. The fourth-order valence-corrected chi connectivity index (χ4v) is 2.39. The molecule has 1 aromatic rings. The van der Waals surface area contributed by atoms with Gasteiger partial charge in [-0.25, -0.2) is 9.29 Å². The summed E-state index contributed by atoms with van der Waals surface area (Å²) in [6.07, 6.45) is 0. The van der Waals surface area contributed by atoms with Gasteiger partial charge in [-0.05, 0) is 12.1 Å². The Morgan fingerprint density at radius 1 is 1.16 bits per heavy atom. The molecule has 0 atom stereocenters. The molecular weight excluding hydrogens is 293 g/mol. The number of nitrogens with zero attached hydrogens (tertiary/aromatic N) is 1. The molecule has 0 bridgehead atoms. The minimum Gasteiger partial charge on any atom is -0.287 e. The highest BCUT2D eigenvalue weighted by Gasteiger charge is 2.22. The van der Waals surface area contributed by atoms with E-state index in [9.17, 15) is 18.8 Å². The summed E-state index contributed by atoms with van der Waals surface area (Å²) in [7, 11) is 0. The van der Waals surface area contributed by atoms with Gasteiger partial charge >= 0.3 is 0 Å². The quantitative estimate of drug-likeness (QED) is 0.788. The predicted octanol–water partition coefficient (Wildman–Crippen LogP) is 3.02. The topological polar surface area (TPSA) is 54.5 Å². The van der Waals surface area contributed by atoms with E-state index in [2.05, 4.69) is 0 Å². The summed E-state index contributed by atoms with van der Waals surface area (Å²) in [5, 5.41) is -0.190. The van der Waals surface area contributed by atoms with E-state index in [4.69, 9.17) is 11.6 Å². The van der Waals surface area contributed by atoms with Crippen molar-refractivity contribution < 1.29 is 18.8 Å². The van der Waals surface area contributed by atoms with Crippen LogP contribution in [0.3, 0.4) is 0 Å². The van der Waals surface area contributed by atoms with E-state index in [1.54, 1.807) is 0 Å². The first-order valence-corrected chi connectivity index (χ1v) is 6.42. The maximum atomic E-state index is 13.8. The summed E-state index contributed by atoms with van der Waals surface area (Å²) < 4.78 is 13.8. The van der Waals surface area contributed by atoms with Crippen molar-refractivity contribution in [2.45, 2.75) is 25.7 Å². The van der Waals surface area contributed by atoms with Crippen LogP contribution in [0.15, 0.2) is 17.0 Å². The van der Waals surface area contributed by atoms with E-state index < -0.39 is 17.6 Å². The Labute approximate surface area is 118 Å². The fraction of sp³-hybridized carbons (Fsp3) is 0.250. The SMILES string of the molecule is CC(=O)Sc1cc(N(C(C)=O)C(C)=O)c(F)cc1Cl. The molecule has 0 aliphatic heterocycles. The van der Waals surface area contributed by atoms with Gasteiger partial charge in [-0.3, -0.25) is 14.4 Å². The lowest BCUT2D eigenvalue weighted by Crippen LogP contribution is -2.33. The van der Waals surface area contributed by atoms with Crippen LogP contribution in [0.1, 0.15) is 20.8 Å². The highest BCUT2D eigenvalue weighted by atomic mass is 35.5. The van der Waals surface area contributed by atoms with Gasteiger partial charge in [0.1, 0.15) is 5.82 Å². The molecule has 102 valence electrons. The Morgan fingerprint density at radius 2 is 1.68 bits per heavy atom. The molecule has 4 nitrogen and oxygen atoms in total. The number of anilines is 1. The van der Waals surface area contributed by atoms with Gasteiger partial charge in [0.25, 0.3) is 0 Å². The van der Waals surface area contributed by atoms with Crippen molar-refractivity contribution in [3.05, 3.63) is 23.0 Å². The van der Waals surface area contributed by atoms with E-state index in [1.807, 2.05) is 0 Å². The second-order valence-corrected chi connectivity index (χ2v) is 5.33. The number of hydrogen-bond acceptors (Lipinski definition) is 4. The summed E-state index contributed by atoms with van der Waals surface area (Å²) >= 11 is 6.61. The maximum absolute atomic E-state index is 13.8. The van der Waals surface area contributed by atoms with E-state index in [0.717, 1.165) is 31.7 Å². The Morgan fingerprint density at radius 3 is 2.11 bits per heavy atom. The smallest absolute Gasteiger partial charge is 0.230 e. The van der Waals surface area contributed by atoms with Crippen LogP contribution in [0.4, 0.5) is 10.1 Å². The molecule has 0 saturated carbocycles. The third kappa shape index (κ3) is 3.78. The van der Waals surface area contributed by atoms with Crippen LogP contribution in [-0.2, 0) is 14.4 Å². The highest BCUT2D eigenvalue weighted by Crippen LogP contribution is 2.34. The first-order chi connectivity index (χ1) is 8.73. The molecule has 0 saturated heterocycles. The number of amides is 2. The number of benzene rings is 1. The Hall–Kier alpha value is -1.40. The molecule has 19 heavy (non-hydrogen) atoms. The average Bonchev–Trinajstić information content (AvgIpc) is 2.23. The Balaban J connectivity index is 3.38. The summed E-state index contributed by atoms with van der Waals surface area (Å²) in [4.78, 5) is 34.8. The monoisotopic (exact) mass is 303 g/mol. The second kappa shape index (κ2) is 6.16. The molecule has 0 aromatic heterocycles. The van der Waals surface area contributed by atoms with Crippen molar-refractivity contribution in [1.29, 1.82) is 0 Å². The average molecular weight is 304 g/mol. The highest BCUT2D eigenvalue weighted by molar-refractivity contribution is 8.13. The largest absolute Gasteiger partial charge is 0.287 e. The van der Waals surface area contributed by atoms with Gasteiger partial charge < -0.3 is 0 Å². The zero-order valence-electron chi connectivity index (χ0n) is 10.5. The van der Waals surface area contributed by atoms with Crippen molar-refractivity contribution >= 4 is 46.0 Å². The molecule has 0 spiro atoms. The number of imide groups is 1. The third-order valence-corrected chi connectivity index (χ3v) is 3.40. The lowest BCUT2D eigenvalue weighted by Gasteiger charge is -2.19. The molecule has 0 aliphatic carbocycles. The Kier molecular flexibility index (Phi) is 5.08. The van der Waals surface area contributed by atoms with E-state index in [0.29, 0.717) is 4.90 Å². The molecule has 0 N–H and O–H groups in total. The number of carbonyl (C=O) groups excluding carboxylic acids is 3. The van der Waals surface area contributed by atoms with E-state index >= 15 is 0 Å². The van der Waals surface area contributed by atoms with Gasteiger partial charge in [0.15, 0.2) is 5.12 Å². The molecule has 0 aliphatic rings. The zero-order chi connectivity index (χ0) is 14.7. The molecule has 7 heteroatoms. The molecule has 2 amide bonds. The summed E-state index contributed by atoms with van der Waals surface area (Å²) in [6.45, 7) is 3.62.